The van der Waals surface area contributed by atoms with Crippen molar-refractivity contribution in [2.24, 2.45) is 17.6 Å². The second-order valence-electron chi connectivity index (χ2n) is 5.50. The average molecular weight is 265 g/mol. The van der Waals surface area contributed by atoms with Gasteiger partial charge in [0.25, 0.3) is 0 Å². The van der Waals surface area contributed by atoms with E-state index in [1.807, 2.05) is 31.7 Å². The van der Waals surface area contributed by atoms with Crippen LogP contribution >= 0.6 is 11.8 Å². The maximum absolute atomic E-state index is 5.90. The molecule has 1 heterocycles. The zero-order valence-corrected chi connectivity index (χ0v) is 12.3. The number of aromatic nitrogens is 2. The van der Waals surface area contributed by atoms with Crippen LogP contribution in [-0.4, -0.2) is 21.8 Å². The zero-order valence-electron chi connectivity index (χ0n) is 11.5. The molecule has 18 heavy (non-hydrogen) atoms. The van der Waals surface area contributed by atoms with Crippen molar-refractivity contribution in [2.75, 3.05) is 6.54 Å². The van der Waals surface area contributed by atoms with Crippen LogP contribution < -0.4 is 5.73 Å². The van der Waals surface area contributed by atoms with Crippen molar-refractivity contribution in [3.05, 3.63) is 17.5 Å². The summed E-state index contributed by atoms with van der Waals surface area (Å²) in [5.41, 5.74) is 8.01. The van der Waals surface area contributed by atoms with E-state index < -0.39 is 0 Å². The van der Waals surface area contributed by atoms with Crippen LogP contribution in [0.1, 0.15) is 37.6 Å². The summed E-state index contributed by atoms with van der Waals surface area (Å²) in [4.78, 5) is 9.07. The summed E-state index contributed by atoms with van der Waals surface area (Å²) >= 11 is 1.83. The molecule has 0 bridgehead atoms. The SMILES string of the molecule is Cc1cc(C)nc(SC2CC(C)CCC2CN)n1. The van der Waals surface area contributed by atoms with Crippen molar-refractivity contribution in [3.8, 4) is 0 Å². The first-order chi connectivity index (χ1) is 8.58. The molecule has 4 heteroatoms. The molecular weight excluding hydrogens is 242 g/mol. The van der Waals surface area contributed by atoms with Crippen LogP contribution in [0.3, 0.4) is 0 Å². The highest BCUT2D eigenvalue weighted by Crippen LogP contribution is 2.38. The Morgan fingerprint density at radius 1 is 1.28 bits per heavy atom. The molecule has 0 radical (unpaired) electrons. The molecule has 0 aliphatic heterocycles. The summed E-state index contributed by atoms with van der Waals surface area (Å²) < 4.78 is 0. The van der Waals surface area contributed by atoms with Gasteiger partial charge in [-0.2, -0.15) is 0 Å². The molecule has 1 aromatic rings. The van der Waals surface area contributed by atoms with Crippen molar-refractivity contribution < 1.29 is 0 Å². The number of thioether (sulfide) groups is 1. The molecular formula is C14H23N3S. The lowest BCUT2D eigenvalue weighted by Gasteiger charge is -2.33. The molecule has 3 unspecified atom stereocenters. The zero-order chi connectivity index (χ0) is 13.1. The van der Waals surface area contributed by atoms with Gasteiger partial charge >= 0.3 is 0 Å². The van der Waals surface area contributed by atoms with Gasteiger partial charge in [-0.3, -0.25) is 0 Å². The molecule has 0 amide bonds. The van der Waals surface area contributed by atoms with E-state index in [2.05, 4.69) is 16.9 Å². The number of nitrogens with two attached hydrogens (primary N) is 1. The standard InChI is InChI=1S/C14H23N3S/c1-9-4-5-12(8-15)13(6-9)18-14-16-10(2)7-11(3)17-14/h7,9,12-13H,4-6,8,15H2,1-3H3. The van der Waals surface area contributed by atoms with E-state index in [1.54, 1.807) is 0 Å². The Balaban J connectivity index is 2.10. The minimum Gasteiger partial charge on any atom is -0.330 e. The second-order valence-corrected chi connectivity index (χ2v) is 6.71. The Hall–Kier alpha value is -0.610. The van der Waals surface area contributed by atoms with E-state index in [-0.39, 0.29) is 0 Å². The maximum Gasteiger partial charge on any atom is 0.188 e. The van der Waals surface area contributed by atoms with Crippen LogP contribution in [0.15, 0.2) is 11.2 Å². The van der Waals surface area contributed by atoms with Crippen molar-refractivity contribution in [2.45, 2.75) is 50.4 Å². The third-order valence-electron chi connectivity index (χ3n) is 3.71. The molecule has 3 atom stereocenters. The fraction of sp³-hybridized carbons (Fsp3) is 0.714. The lowest BCUT2D eigenvalue weighted by atomic mass is 9.82. The van der Waals surface area contributed by atoms with Gasteiger partial charge in [0.05, 0.1) is 0 Å². The Kier molecular flexibility index (Phi) is 4.62. The summed E-state index contributed by atoms with van der Waals surface area (Å²) in [6.07, 6.45) is 3.80. The summed E-state index contributed by atoms with van der Waals surface area (Å²) in [5.74, 6) is 1.42. The molecule has 1 aliphatic carbocycles. The fourth-order valence-electron chi connectivity index (χ4n) is 2.69. The van der Waals surface area contributed by atoms with E-state index >= 15 is 0 Å². The fourth-order valence-corrected chi connectivity index (χ4v) is 4.22. The Morgan fingerprint density at radius 2 is 1.94 bits per heavy atom. The van der Waals surface area contributed by atoms with E-state index in [9.17, 15) is 0 Å². The molecule has 3 nitrogen and oxygen atoms in total. The van der Waals surface area contributed by atoms with E-state index in [0.29, 0.717) is 11.2 Å². The molecule has 0 spiro atoms. The summed E-state index contributed by atoms with van der Waals surface area (Å²) in [6, 6.07) is 2.02. The van der Waals surface area contributed by atoms with Gasteiger partial charge < -0.3 is 5.73 Å². The number of hydrogen-bond donors (Lipinski definition) is 1. The van der Waals surface area contributed by atoms with Gasteiger partial charge in [-0.1, -0.05) is 25.1 Å². The van der Waals surface area contributed by atoms with Crippen molar-refractivity contribution in [1.29, 1.82) is 0 Å². The van der Waals surface area contributed by atoms with Crippen molar-refractivity contribution in [1.82, 2.24) is 9.97 Å². The molecule has 0 aromatic carbocycles. The average Bonchev–Trinajstić information content (AvgIpc) is 2.27. The molecule has 1 fully saturated rings. The van der Waals surface area contributed by atoms with E-state index in [4.69, 9.17) is 5.73 Å². The molecule has 1 saturated carbocycles. The smallest absolute Gasteiger partial charge is 0.188 e. The summed E-state index contributed by atoms with van der Waals surface area (Å²) in [7, 11) is 0. The lowest BCUT2D eigenvalue weighted by molar-refractivity contribution is 0.306. The van der Waals surface area contributed by atoms with Crippen molar-refractivity contribution >= 4 is 11.8 Å². The molecule has 2 rings (SSSR count). The topological polar surface area (TPSA) is 51.8 Å². The van der Waals surface area contributed by atoms with Gasteiger partial charge in [-0.15, -0.1) is 0 Å². The number of rotatable bonds is 3. The highest BCUT2D eigenvalue weighted by Gasteiger charge is 2.29. The second kappa shape index (κ2) is 6.02. The summed E-state index contributed by atoms with van der Waals surface area (Å²) in [5, 5.41) is 1.50. The Labute approximate surface area is 114 Å². The van der Waals surface area contributed by atoms with Gasteiger partial charge in [0.2, 0.25) is 0 Å². The monoisotopic (exact) mass is 265 g/mol. The number of aryl methyl sites for hydroxylation is 2. The molecule has 1 aliphatic rings. The minimum atomic E-state index is 0.583. The predicted molar refractivity (Wildman–Crippen MR) is 76.7 cm³/mol. The van der Waals surface area contributed by atoms with Gasteiger partial charge in [0, 0.05) is 16.6 Å². The minimum absolute atomic E-state index is 0.583. The Morgan fingerprint density at radius 3 is 2.56 bits per heavy atom. The third kappa shape index (κ3) is 3.45. The van der Waals surface area contributed by atoms with Gasteiger partial charge in [0.1, 0.15) is 0 Å². The summed E-state index contributed by atoms with van der Waals surface area (Å²) in [6.45, 7) is 7.18. The lowest BCUT2D eigenvalue weighted by Crippen LogP contribution is -2.31. The normalized spacial score (nSPS) is 28.3. The first-order valence-electron chi connectivity index (χ1n) is 6.77. The van der Waals surface area contributed by atoms with E-state index in [1.165, 1.54) is 19.3 Å². The quantitative estimate of drug-likeness (QED) is 0.854. The van der Waals surface area contributed by atoms with Crippen LogP contribution in [0.2, 0.25) is 0 Å². The number of hydrogen-bond acceptors (Lipinski definition) is 4. The Bertz CT molecular complexity index is 388. The maximum atomic E-state index is 5.90. The molecule has 2 N–H and O–H groups in total. The molecule has 0 saturated heterocycles. The highest BCUT2D eigenvalue weighted by molar-refractivity contribution is 7.99. The first kappa shape index (κ1) is 13.8. The third-order valence-corrected chi connectivity index (χ3v) is 4.99. The van der Waals surface area contributed by atoms with Gasteiger partial charge in [-0.25, -0.2) is 9.97 Å². The van der Waals surface area contributed by atoms with Crippen LogP contribution in [-0.2, 0) is 0 Å². The highest BCUT2D eigenvalue weighted by atomic mass is 32.2. The van der Waals surface area contributed by atoms with Crippen molar-refractivity contribution in [3.63, 3.8) is 0 Å². The largest absolute Gasteiger partial charge is 0.330 e. The first-order valence-corrected chi connectivity index (χ1v) is 7.65. The predicted octanol–water partition coefficient (Wildman–Crippen LogP) is 2.95. The van der Waals surface area contributed by atoms with Crippen LogP contribution in [0.4, 0.5) is 0 Å². The molecule has 1 aromatic heterocycles. The van der Waals surface area contributed by atoms with Crippen LogP contribution in [0.25, 0.3) is 0 Å². The van der Waals surface area contributed by atoms with Crippen LogP contribution in [0.5, 0.6) is 0 Å². The van der Waals surface area contributed by atoms with E-state index in [0.717, 1.165) is 29.0 Å². The van der Waals surface area contributed by atoms with Gasteiger partial charge in [0.15, 0.2) is 5.16 Å². The van der Waals surface area contributed by atoms with Crippen LogP contribution in [0, 0.1) is 25.7 Å². The number of nitrogens with zero attached hydrogens (tertiary/aromatic N) is 2. The molecule has 100 valence electrons. The van der Waals surface area contributed by atoms with Gasteiger partial charge in [-0.05, 0) is 51.1 Å².